The first-order valence-corrected chi connectivity index (χ1v) is 6.85. The molecule has 1 heterocycles. The molecule has 1 N–H and O–H groups in total. The molecule has 1 aromatic rings. The van der Waals surface area contributed by atoms with Gasteiger partial charge in [0.15, 0.2) is 0 Å². The number of hydrogen-bond donors (Lipinski definition) is 1. The number of rotatable bonds is 3. The standard InChI is InChI=1S/C13H18INO/c1-9-7-12(14)3-4-13(9)15-10(2)11-5-6-16-8-11/h3-4,7,10-11,15H,5-6,8H2,1-2H3. The number of benzene rings is 1. The third-order valence-electron chi connectivity index (χ3n) is 3.24. The van der Waals surface area contributed by atoms with E-state index in [4.69, 9.17) is 4.74 Å². The normalized spacial score (nSPS) is 22.1. The topological polar surface area (TPSA) is 21.3 Å². The highest BCUT2D eigenvalue weighted by molar-refractivity contribution is 14.1. The van der Waals surface area contributed by atoms with Crippen LogP contribution in [0.5, 0.6) is 0 Å². The second kappa shape index (κ2) is 5.36. The lowest BCUT2D eigenvalue weighted by atomic mass is 10.00. The fourth-order valence-electron chi connectivity index (χ4n) is 2.10. The second-order valence-corrected chi connectivity index (χ2v) is 5.76. The summed E-state index contributed by atoms with van der Waals surface area (Å²) in [6.07, 6.45) is 1.18. The summed E-state index contributed by atoms with van der Waals surface area (Å²) in [5.41, 5.74) is 2.57. The molecule has 1 fully saturated rings. The maximum Gasteiger partial charge on any atom is 0.0514 e. The van der Waals surface area contributed by atoms with Gasteiger partial charge in [-0.05, 0) is 66.6 Å². The quantitative estimate of drug-likeness (QED) is 0.857. The summed E-state index contributed by atoms with van der Waals surface area (Å²) in [6, 6.07) is 7.01. The van der Waals surface area contributed by atoms with Gasteiger partial charge in [-0.15, -0.1) is 0 Å². The van der Waals surface area contributed by atoms with Gasteiger partial charge in [-0.2, -0.15) is 0 Å². The van der Waals surface area contributed by atoms with Gasteiger partial charge in [0.25, 0.3) is 0 Å². The molecule has 0 aliphatic carbocycles. The lowest BCUT2D eigenvalue weighted by Gasteiger charge is -2.21. The Labute approximate surface area is 111 Å². The van der Waals surface area contributed by atoms with Crippen molar-refractivity contribution in [3.8, 4) is 0 Å². The van der Waals surface area contributed by atoms with Crippen LogP contribution >= 0.6 is 22.6 Å². The third-order valence-corrected chi connectivity index (χ3v) is 3.91. The molecule has 1 aliphatic heterocycles. The molecule has 2 unspecified atom stereocenters. The van der Waals surface area contributed by atoms with E-state index in [0.29, 0.717) is 12.0 Å². The van der Waals surface area contributed by atoms with E-state index in [-0.39, 0.29) is 0 Å². The van der Waals surface area contributed by atoms with E-state index in [0.717, 1.165) is 13.2 Å². The van der Waals surface area contributed by atoms with Crippen LogP contribution in [0.3, 0.4) is 0 Å². The maximum atomic E-state index is 5.42. The highest BCUT2D eigenvalue weighted by atomic mass is 127. The molecule has 2 atom stereocenters. The molecule has 88 valence electrons. The molecule has 0 radical (unpaired) electrons. The zero-order chi connectivity index (χ0) is 11.5. The Balaban J connectivity index is 2.02. The summed E-state index contributed by atoms with van der Waals surface area (Å²) < 4.78 is 6.71. The Bertz CT molecular complexity index is 361. The summed E-state index contributed by atoms with van der Waals surface area (Å²) in [6.45, 7) is 6.22. The van der Waals surface area contributed by atoms with Crippen LogP contribution in [0, 0.1) is 16.4 Å². The van der Waals surface area contributed by atoms with Crippen LogP contribution in [0.4, 0.5) is 5.69 Å². The Morgan fingerprint density at radius 1 is 1.50 bits per heavy atom. The van der Waals surface area contributed by atoms with Crippen molar-refractivity contribution in [1.82, 2.24) is 0 Å². The van der Waals surface area contributed by atoms with Crippen LogP contribution in [0.1, 0.15) is 18.9 Å². The van der Waals surface area contributed by atoms with Gasteiger partial charge in [0.1, 0.15) is 0 Å². The van der Waals surface area contributed by atoms with Crippen LogP contribution in [-0.2, 0) is 4.74 Å². The monoisotopic (exact) mass is 331 g/mol. The predicted molar refractivity (Wildman–Crippen MR) is 75.9 cm³/mol. The van der Waals surface area contributed by atoms with Crippen molar-refractivity contribution in [3.63, 3.8) is 0 Å². The van der Waals surface area contributed by atoms with E-state index in [1.54, 1.807) is 0 Å². The Hall–Kier alpha value is -0.290. The zero-order valence-corrected chi connectivity index (χ0v) is 12.0. The molecule has 0 aromatic heterocycles. The summed E-state index contributed by atoms with van der Waals surface area (Å²) in [4.78, 5) is 0. The van der Waals surface area contributed by atoms with Crippen molar-refractivity contribution in [2.24, 2.45) is 5.92 Å². The van der Waals surface area contributed by atoms with Crippen molar-refractivity contribution in [1.29, 1.82) is 0 Å². The first-order valence-electron chi connectivity index (χ1n) is 5.77. The average Bonchev–Trinajstić information content (AvgIpc) is 2.75. The van der Waals surface area contributed by atoms with E-state index >= 15 is 0 Å². The average molecular weight is 331 g/mol. The van der Waals surface area contributed by atoms with Gasteiger partial charge in [-0.3, -0.25) is 0 Å². The maximum absolute atomic E-state index is 5.42. The molecule has 0 saturated carbocycles. The van der Waals surface area contributed by atoms with E-state index in [1.807, 2.05) is 0 Å². The highest BCUT2D eigenvalue weighted by Crippen LogP contribution is 2.23. The molecule has 1 saturated heterocycles. The van der Waals surface area contributed by atoms with Crippen LogP contribution < -0.4 is 5.32 Å². The molecule has 16 heavy (non-hydrogen) atoms. The van der Waals surface area contributed by atoms with E-state index < -0.39 is 0 Å². The van der Waals surface area contributed by atoms with Gasteiger partial charge in [-0.1, -0.05) is 0 Å². The van der Waals surface area contributed by atoms with Crippen molar-refractivity contribution in [2.75, 3.05) is 18.5 Å². The summed E-state index contributed by atoms with van der Waals surface area (Å²) in [7, 11) is 0. The smallest absolute Gasteiger partial charge is 0.0514 e. The lowest BCUT2D eigenvalue weighted by Crippen LogP contribution is -2.26. The van der Waals surface area contributed by atoms with Gasteiger partial charge >= 0.3 is 0 Å². The minimum atomic E-state index is 0.487. The molecule has 2 rings (SSSR count). The fourth-order valence-corrected chi connectivity index (χ4v) is 2.75. The molecule has 2 nitrogen and oxygen atoms in total. The van der Waals surface area contributed by atoms with Crippen LogP contribution in [0.25, 0.3) is 0 Å². The van der Waals surface area contributed by atoms with Gasteiger partial charge < -0.3 is 10.1 Å². The number of nitrogens with one attached hydrogen (secondary N) is 1. The molecule has 1 aromatic carbocycles. The SMILES string of the molecule is Cc1cc(I)ccc1NC(C)C1CCOC1. The Kier molecular flexibility index (Phi) is 4.08. The van der Waals surface area contributed by atoms with Crippen molar-refractivity contribution < 1.29 is 4.74 Å². The Morgan fingerprint density at radius 2 is 2.31 bits per heavy atom. The van der Waals surface area contributed by atoms with Crippen LogP contribution in [0.2, 0.25) is 0 Å². The zero-order valence-electron chi connectivity index (χ0n) is 9.79. The minimum absolute atomic E-state index is 0.487. The third kappa shape index (κ3) is 2.88. The molecular weight excluding hydrogens is 313 g/mol. The number of hydrogen-bond acceptors (Lipinski definition) is 2. The lowest BCUT2D eigenvalue weighted by molar-refractivity contribution is 0.183. The summed E-state index contributed by atoms with van der Waals surface area (Å²) in [5, 5.41) is 3.60. The Morgan fingerprint density at radius 3 is 2.94 bits per heavy atom. The van der Waals surface area contributed by atoms with Crippen molar-refractivity contribution in [2.45, 2.75) is 26.3 Å². The van der Waals surface area contributed by atoms with Gasteiger partial charge in [0.2, 0.25) is 0 Å². The number of aryl methyl sites for hydroxylation is 1. The number of halogens is 1. The van der Waals surface area contributed by atoms with E-state index in [2.05, 4.69) is 60.0 Å². The van der Waals surface area contributed by atoms with Crippen molar-refractivity contribution >= 4 is 28.3 Å². The molecule has 0 bridgehead atoms. The number of anilines is 1. The van der Waals surface area contributed by atoms with Gasteiger partial charge in [0.05, 0.1) is 6.61 Å². The highest BCUT2D eigenvalue weighted by Gasteiger charge is 2.22. The largest absolute Gasteiger partial charge is 0.382 e. The van der Waals surface area contributed by atoms with Crippen LogP contribution in [-0.4, -0.2) is 19.3 Å². The molecule has 3 heteroatoms. The van der Waals surface area contributed by atoms with E-state index in [9.17, 15) is 0 Å². The molecule has 0 spiro atoms. The molecule has 1 aliphatic rings. The fraction of sp³-hybridized carbons (Fsp3) is 0.538. The van der Waals surface area contributed by atoms with Gasteiger partial charge in [-0.25, -0.2) is 0 Å². The predicted octanol–water partition coefficient (Wildman–Crippen LogP) is 3.44. The van der Waals surface area contributed by atoms with Crippen LogP contribution in [0.15, 0.2) is 18.2 Å². The first-order chi connectivity index (χ1) is 7.66. The van der Waals surface area contributed by atoms with E-state index in [1.165, 1.54) is 21.2 Å². The molecule has 0 amide bonds. The minimum Gasteiger partial charge on any atom is -0.382 e. The summed E-state index contributed by atoms with van der Waals surface area (Å²) in [5.74, 6) is 0.652. The number of ether oxygens (including phenoxy) is 1. The molecular formula is C13H18INO. The van der Waals surface area contributed by atoms with Crippen molar-refractivity contribution in [3.05, 3.63) is 27.3 Å². The summed E-state index contributed by atoms with van der Waals surface area (Å²) >= 11 is 2.35. The van der Waals surface area contributed by atoms with Gasteiger partial charge in [0, 0.05) is 27.8 Å². The first kappa shape index (κ1) is 12.2. The second-order valence-electron chi connectivity index (χ2n) is 4.52.